The summed E-state index contributed by atoms with van der Waals surface area (Å²) < 4.78 is 6.26. The van der Waals surface area contributed by atoms with Crippen LogP contribution in [-0.4, -0.2) is 18.3 Å². The lowest BCUT2D eigenvalue weighted by Gasteiger charge is -2.04. The van der Waals surface area contributed by atoms with Crippen molar-refractivity contribution in [3.63, 3.8) is 0 Å². The Labute approximate surface area is 124 Å². The Morgan fingerprint density at radius 1 is 1.42 bits per heavy atom. The van der Waals surface area contributed by atoms with Crippen molar-refractivity contribution in [2.75, 3.05) is 12.5 Å². The summed E-state index contributed by atoms with van der Waals surface area (Å²) in [6, 6.07) is 5.77. The molecule has 1 N–H and O–H groups in total. The molecule has 19 heavy (non-hydrogen) atoms. The molecule has 1 heterocycles. The van der Waals surface area contributed by atoms with E-state index < -0.39 is 0 Å². The number of hydrazone groups is 1. The fourth-order valence-corrected chi connectivity index (χ4v) is 2.63. The molecule has 100 valence electrons. The van der Waals surface area contributed by atoms with Gasteiger partial charge < -0.3 is 4.74 Å². The highest BCUT2D eigenvalue weighted by Crippen LogP contribution is 2.22. The first kappa shape index (κ1) is 14.0. The summed E-state index contributed by atoms with van der Waals surface area (Å²) >= 11 is 5.01. The molecular weight excluding hydrogens is 326 g/mol. The number of thiazole rings is 1. The van der Waals surface area contributed by atoms with E-state index in [2.05, 4.69) is 31.4 Å². The first-order chi connectivity index (χ1) is 9.10. The monoisotopic (exact) mass is 339 g/mol. The largest absolute Gasteiger partial charge is 0.496 e. The van der Waals surface area contributed by atoms with Crippen molar-refractivity contribution in [3.8, 4) is 5.75 Å². The number of anilines is 1. The van der Waals surface area contributed by atoms with E-state index in [0.29, 0.717) is 0 Å². The topological polar surface area (TPSA) is 46.5 Å². The molecule has 0 aliphatic rings. The first-order valence-electron chi connectivity index (χ1n) is 5.67. The smallest absolute Gasteiger partial charge is 0.203 e. The summed E-state index contributed by atoms with van der Waals surface area (Å²) in [6.45, 7) is 4.03. The zero-order valence-electron chi connectivity index (χ0n) is 10.9. The molecular formula is C13H14BrN3OS. The van der Waals surface area contributed by atoms with E-state index in [-0.39, 0.29) is 0 Å². The fraction of sp³-hybridized carbons (Fsp3) is 0.231. The minimum atomic E-state index is 0.778. The number of aryl methyl sites for hydroxylation is 2. The minimum Gasteiger partial charge on any atom is -0.496 e. The number of hydrogen-bond donors (Lipinski definition) is 1. The molecule has 0 aliphatic heterocycles. The van der Waals surface area contributed by atoms with E-state index in [9.17, 15) is 0 Å². The van der Waals surface area contributed by atoms with Gasteiger partial charge in [-0.2, -0.15) is 5.10 Å². The number of benzene rings is 1. The van der Waals surface area contributed by atoms with Crippen molar-refractivity contribution in [2.24, 2.45) is 5.10 Å². The third-order valence-corrected chi connectivity index (χ3v) is 4.05. The van der Waals surface area contributed by atoms with Crippen LogP contribution < -0.4 is 10.2 Å². The lowest BCUT2D eigenvalue weighted by molar-refractivity contribution is 0.414. The van der Waals surface area contributed by atoms with E-state index in [1.165, 1.54) is 4.88 Å². The van der Waals surface area contributed by atoms with Gasteiger partial charge in [-0.1, -0.05) is 15.9 Å². The van der Waals surface area contributed by atoms with Crippen LogP contribution in [0.3, 0.4) is 0 Å². The molecule has 0 saturated carbocycles. The maximum absolute atomic E-state index is 5.27. The Hall–Kier alpha value is -1.40. The summed E-state index contributed by atoms with van der Waals surface area (Å²) in [5.74, 6) is 0.778. The Morgan fingerprint density at radius 2 is 2.21 bits per heavy atom. The third-order valence-electron chi connectivity index (χ3n) is 2.58. The number of ether oxygens (including phenoxy) is 1. The van der Waals surface area contributed by atoms with Gasteiger partial charge in [0.25, 0.3) is 0 Å². The first-order valence-corrected chi connectivity index (χ1v) is 7.27. The summed E-state index contributed by atoms with van der Waals surface area (Å²) in [5, 5.41) is 4.98. The van der Waals surface area contributed by atoms with E-state index in [1.807, 2.05) is 32.0 Å². The maximum atomic E-state index is 5.27. The molecule has 0 unspecified atom stereocenters. The number of halogens is 1. The molecule has 0 radical (unpaired) electrons. The number of aromatic nitrogens is 1. The van der Waals surface area contributed by atoms with Crippen LogP contribution in [0.25, 0.3) is 0 Å². The molecule has 4 nitrogen and oxygen atoms in total. The van der Waals surface area contributed by atoms with Gasteiger partial charge in [-0.3, -0.25) is 5.43 Å². The Bertz CT molecular complexity index is 590. The molecule has 6 heteroatoms. The molecule has 1 aromatic heterocycles. The molecule has 0 bridgehead atoms. The SMILES string of the molecule is COc1ccc(Br)cc1/C=N/Nc1nc(C)c(C)s1. The van der Waals surface area contributed by atoms with E-state index in [0.717, 1.165) is 26.6 Å². The molecule has 2 rings (SSSR count). The van der Waals surface area contributed by atoms with Gasteiger partial charge in [0.1, 0.15) is 5.75 Å². The van der Waals surface area contributed by atoms with Gasteiger partial charge in [-0.25, -0.2) is 4.98 Å². The van der Waals surface area contributed by atoms with Crippen LogP contribution >= 0.6 is 27.3 Å². The summed E-state index contributed by atoms with van der Waals surface area (Å²) in [5.41, 5.74) is 4.86. The average molecular weight is 340 g/mol. The Kier molecular flexibility index (Phi) is 4.55. The number of nitrogens with one attached hydrogen (secondary N) is 1. The van der Waals surface area contributed by atoms with Crippen molar-refractivity contribution in [1.82, 2.24) is 4.98 Å². The molecule has 0 atom stereocenters. The highest BCUT2D eigenvalue weighted by atomic mass is 79.9. The second-order valence-electron chi connectivity index (χ2n) is 3.92. The molecule has 0 spiro atoms. The van der Waals surface area contributed by atoms with Crippen molar-refractivity contribution >= 4 is 38.6 Å². The standard InChI is InChI=1S/C13H14BrN3OS/c1-8-9(2)19-13(16-8)17-15-7-10-6-11(14)4-5-12(10)18-3/h4-7H,1-3H3,(H,16,17)/b15-7+. The van der Waals surface area contributed by atoms with Crippen LogP contribution in [0.5, 0.6) is 5.75 Å². The van der Waals surface area contributed by atoms with Crippen molar-refractivity contribution in [3.05, 3.63) is 38.8 Å². The van der Waals surface area contributed by atoms with Crippen LogP contribution in [-0.2, 0) is 0 Å². The lowest BCUT2D eigenvalue weighted by Crippen LogP contribution is -1.94. The van der Waals surface area contributed by atoms with Crippen LogP contribution in [0.4, 0.5) is 5.13 Å². The van der Waals surface area contributed by atoms with Gasteiger partial charge in [0.15, 0.2) is 0 Å². The van der Waals surface area contributed by atoms with E-state index >= 15 is 0 Å². The highest BCUT2D eigenvalue weighted by molar-refractivity contribution is 9.10. The van der Waals surface area contributed by atoms with Crippen LogP contribution in [0.2, 0.25) is 0 Å². The van der Waals surface area contributed by atoms with Crippen molar-refractivity contribution < 1.29 is 4.74 Å². The summed E-state index contributed by atoms with van der Waals surface area (Å²) in [4.78, 5) is 5.55. The van der Waals surface area contributed by atoms with Gasteiger partial charge >= 0.3 is 0 Å². The van der Waals surface area contributed by atoms with Crippen LogP contribution in [0.15, 0.2) is 27.8 Å². The van der Waals surface area contributed by atoms with Crippen molar-refractivity contribution in [1.29, 1.82) is 0 Å². The normalized spacial score (nSPS) is 10.9. The second-order valence-corrected chi connectivity index (χ2v) is 6.04. The van der Waals surface area contributed by atoms with Gasteiger partial charge in [0.05, 0.1) is 19.0 Å². The average Bonchev–Trinajstić information content (AvgIpc) is 2.69. The second kappa shape index (κ2) is 6.16. The van der Waals surface area contributed by atoms with Gasteiger partial charge in [-0.05, 0) is 32.0 Å². The lowest BCUT2D eigenvalue weighted by atomic mass is 10.2. The zero-order valence-corrected chi connectivity index (χ0v) is 13.3. The van der Waals surface area contributed by atoms with Crippen LogP contribution in [0.1, 0.15) is 16.1 Å². The van der Waals surface area contributed by atoms with Crippen molar-refractivity contribution in [2.45, 2.75) is 13.8 Å². The third kappa shape index (κ3) is 3.54. The Morgan fingerprint density at radius 3 is 2.84 bits per heavy atom. The maximum Gasteiger partial charge on any atom is 0.203 e. The van der Waals surface area contributed by atoms with E-state index in [4.69, 9.17) is 4.74 Å². The predicted molar refractivity (Wildman–Crippen MR) is 83.5 cm³/mol. The molecule has 0 aliphatic carbocycles. The molecule has 0 fully saturated rings. The molecule has 0 amide bonds. The number of methoxy groups -OCH3 is 1. The number of rotatable bonds is 4. The number of hydrogen-bond acceptors (Lipinski definition) is 5. The van der Waals surface area contributed by atoms with Gasteiger partial charge in [0.2, 0.25) is 5.13 Å². The zero-order chi connectivity index (χ0) is 13.8. The van der Waals surface area contributed by atoms with Gasteiger partial charge in [0, 0.05) is 14.9 Å². The quantitative estimate of drug-likeness (QED) is 0.677. The molecule has 0 saturated heterocycles. The summed E-state index contributed by atoms with van der Waals surface area (Å²) in [7, 11) is 1.64. The Balaban J connectivity index is 2.12. The molecule has 1 aromatic carbocycles. The minimum absolute atomic E-state index is 0.778. The van der Waals surface area contributed by atoms with Crippen LogP contribution in [0, 0.1) is 13.8 Å². The van der Waals surface area contributed by atoms with E-state index in [1.54, 1.807) is 24.7 Å². The summed E-state index contributed by atoms with van der Waals surface area (Å²) in [6.07, 6.45) is 1.72. The number of nitrogens with zero attached hydrogens (tertiary/aromatic N) is 2. The fourth-order valence-electron chi connectivity index (χ4n) is 1.48. The highest BCUT2D eigenvalue weighted by Gasteiger charge is 2.03. The van der Waals surface area contributed by atoms with Gasteiger partial charge in [-0.15, -0.1) is 11.3 Å². The molecule has 2 aromatic rings. The predicted octanol–water partition coefficient (Wildman–Crippen LogP) is 3.98.